The second-order valence-electron chi connectivity index (χ2n) is 5.65. The van der Waals surface area contributed by atoms with Crippen LogP contribution in [0.15, 0.2) is 48.5 Å². The van der Waals surface area contributed by atoms with Crippen LogP contribution in [-0.2, 0) is 9.59 Å². The minimum absolute atomic E-state index is 0.0447. The second kappa shape index (κ2) is 6.42. The van der Waals surface area contributed by atoms with Crippen LogP contribution in [0.1, 0.15) is 18.4 Å². The molecule has 0 spiro atoms. The fourth-order valence-corrected chi connectivity index (χ4v) is 2.93. The van der Waals surface area contributed by atoms with Crippen LogP contribution in [0.3, 0.4) is 0 Å². The molecule has 0 aromatic heterocycles. The first-order valence-corrected chi connectivity index (χ1v) is 7.87. The van der Waals surface area contributed by atoms with Crippen molar-refractivity contribution in [3.8, 4) is 0 Å². The van der Waals surface area contributed by atoms with Gasteiger partial charge in [0.05, 0.1) is 0 Å². The van der Waals surface area contributed by atoms with Gasteiger partial charge in [0, 0.05) is 22.8 Å². The zero-order chi connectivity index (χ0) is 16.4. The molecule has 1 atom stereocenters. The molecule has 1 aliphatic rings. The Hall–Kier alpha value is -2.33. The third kappa shape index (κ3) is 3.37. The average Bonchev–Trinajstić information content (AvgIpc) is 2.90. The van der Waals surface area contributed by atoms with E-state index in [0.29, 0.717) is 23.6 Å². The van der Waals surface area contributed by atoms with Crippen molar-refractivity contribution in [2.45, 2.75) is 25.8 Å². The van der Waals surface area contributed by atoms with Crippen LogP contribution in [0.25, 0.3) is 0 Å². The number of anilines is 2. The maximum absolute atomic E-state index is 12.6. The van der Waals surface area contributed by atoms with E-state index in [4.69, 9.17) is 11.6 Å². The van der Waals surface area contributed by atoms with Crippen molar-refractivity contribution in [2.75, 3.05) is 10.2 Å². The van der Waals surface area contributed by atoms with Crippen LogP contribution in [0.4, 0.5) is 11.4 Å². The summed E-state index contributed by atoms with van der Waals surface area (Å²) in [5.74, 6) is -0.215. The smallest absolute Gasteiger partial charge is 0.247 e. The van der Waals surface area contributed by atoms with E-state index in [1.54, 1.807) is 29.2 Å². The summed E-state index contributed by atoms with van der Waals surface area (Å²) in [5.41, 5.74) is 2.51. The number of carbonyl (C=O) groups excluding carboxylic acids is 2. The average molecular weight is 329 g/mol. The molecule has 3 rings (SSSR count). The number of benzene rings is 2. The largest absolute Gasteiger partial charge is 0.324 e. The Morgan fingerprint density at radius 1 is 1.22 bits per heavy atom. The van der Waals surface area contributed by atoms with Gasteiger partial charge < -0.3 is 5.32 Å². The summed E-state index contributed by atoms with van der Waals surface area (Å²) in [6.07, 6.45) is 0.883. The molecule has 0 radical (unpaired) electrons. The normalized spacial score (nSPS) is 17.4. The quantitative estimate of drug-likeness (QED) is 0.932. The topological polar surface area (TPSA) is 49.4 Å². The second-order valence-corrected chi connectivity index (χ2v) is 6.09. The van der Waals surface area contributed by atoms with Crippen LogP contribution in [-0.4, -0.2) is 17.9 Å². The number of carbonyl (C=O) groups is 2. The van der Waals surface area contributed by atoms with Crippen molar-refractivity contribution < 1.29 is 9.59 Å². The molecule has 2 aromatic rings. The van der Waals surface area contributed by atoms with Gasteiger partial charge in [-0.2, -0.15) is 0 Å². The Kier molecular flexibility index (Phi) is 4.35. The molecule has 1 aliphatic heterocycles. The first-order valence-electron chi connectivity index (χ1n) is 7.50. The van der Waals surface area contributed by atoms with E-state index in [1.165, 1.54) is 0 Å². The van der Waals surface area contributed by atoms with Gasteiger partial charge in [-0.1, -0.05) is 23.7 Å². The van der Waals surface area contributed by atoms with Crippen molar-refractivity contribution in [1.29, 1.82) is 0 Å². The lowest BCUT2D eigenvalue weighted by molar-refractivity contribution is -0.120. The SMILES string of the molecule is Cc1cccc(NC(=O)C2CCC(=O)N2c2ccc(Cl)cc2)c1. The Balaban J connectivity index is 1.81. The molecule has 23 heavy (non-hydrogen) atoms. The summed E-state index contributed by atoms with van der Waals surface area (Å²) in [6.45, 7) is 1.97. The third-order valence-electron chi connectivity index (χ3n) is 3.91. The van der Waals surface area contributed by atoms with E-state index in [-0.39, 0.29) is 11.8 Å². The zero-order valence-electron chi connectivity index (χ0n) is 12.8. The zero-order valence-corrected chi connectivity index (χ0v) is 13.5. The first-order chi connectivity index (χ1) is 11.0. The van der Waals surface area contributed by atoms with Crippen molar-refractivity contribution in [1.82, 2.24) is 0 Å². The van der Waals surface area contributed by atoms with Crippen molar-refractivity contribution in [3.05, 3.63) is 59.1 Å². The molecule has 2 amide bonds. The number of aryl methyl sites for hydroxylation is 1. The molecule has 5 heteroatoms. The number of hydrogen-bond donors (Lipinski definition) is 1. The van der Waals surface area contributed by atoms with Crippen LogP contribution >= 0.6 is 11.6 Å². The van der Waals surface area contributed by atoms with Gasteiger partial charge in [-0.25, -0.2) is 0 Å². The van der Waals surface area contributed by atoms with Crippen molar-refractivity contribution in [3.63, 3.8) is 0 Å². The number of hydrogen-bond acceptors (Lipinski definition) is 2. The Bertz CT molecular complexity index is 743. The first kappa shape index (κ1) is 15.6. The summed E-state index contributed by atoms with van der Waals surface area (Å²) in [5, 5.41) is 3.50. The highest BCUT2D eigenvalue weighted by Gasteiger charge is 2.37. The number of nitrogens with zero attached hydrogens (tertiary/aromatic N) is 1. The van der Waals surface area contributed by atoms with Gasteiger partial charge in [-0.05, 0) is 55.3 Å². The molecule has 2 aromatic carbocycles. The maximum atomic E-state index is 12.6. The van der Waals surface area contributed by atoms with E-state index in [2.05, 4.69) is 5.32 Å². The van der Waals surface area contributed by atoms with Gasteiger partial charge in [0.25, 0.3) is 0 Å². The molecular formula is C18H17ClN2O2. The van der Waals surface area contributed by atoms with Gasteiger partial charge in [0.15, 0.2) is 0 Å². The highest BCUT2D eigenvalue weighted by Crippen LogP contribution is 2.28. The van der Waals surface area contributed by atoms with Crippen LogP contribution in [0.5, 0.6) is 0 Å². The van der Waals surface area contributed by atoms with Gasteiger partial charge in [-0.3, -0.25) is 14.5 Å². The number of halogens is 1. The predicted octanol–water partition coefficient (Wildman–Crippen LogP) is 3.78. The van der Waals surface area contributed by atoms with E-state index in [1.807, 2.05) is 31.2 Å². The minimum atomic E-state index is -0.496. The van der Waals surface area contributed by atoms with Gasteiger partial charge >= 0.3 is 0 Å². The summed E-state index contributed by atoms with van der Waals surface area (Å²) < 4.78 is 0. The molecule has 1 N–H and O–H groups in total. The Morgan fingerprint density at radius 2 is 1.96 bits per heavy atom. The number of nitrogens with one attached hydrogen (secondary N) is 1. The summed E-state index contributed by atoms with van der Waals surface area (Å²) in [7, 11) is 0. The molecule has 0 saturated carbocycles. The molecule has 118 valence electrons. The highest BCUT2D eigenvalue weighted by molar-refractivity contribution is 6.30. The van der Waals surface area contributed by atoms with Crippen molar-refractivity contribution >= 4 is 34.8 Å². The molecule has 0 aliphatic carbocycles. The lowest BCUT2D eigenvalue weighted by Gasteiger charge is -2.24. The molecule has 1 unspecified atom stereocenters. The molecule has 1 heterocycles. The van der Waals surface area contributed by atoms with E-state index in [0.717, 1.165) is 11.3 Å². The Morgan fingerprint density at radius 3 is 2.65 bits per heavy atom. The predicted molar refractivity (Wildman–Crippen MR) is 91.8 cm³/mol. The molecule has 4 nitrogen and oxygen atoms in total. The van der Waals surface area contributed by atoms with E-state index in [9.17, 15) is 9.59 Å². The number of amides is 2. The lowest BCUT2D eigenvalue weighted by Crippen LogP contribution is -2.41. The number of rotatable bonds is 3. The van der Waals surface area contributed by atoms with Gasteiger partial charge in [0.1, 0.15) is 6.04 Å². The molecule has 1 saturated heterocycles. The van der Waals surface area contributed by atoms with Gasteiger partial charge in [0.2, 0.25) is 11.8 Å². The molecule has 0 bridgehead atoms. The van der Waals surface area contributed by atoms with E-state index >= 15 is 0 Å². The Labute approximate surface area is 140 Å². The third-order valence-corrected chi connectivity index (χ3v) is 4.16. The highest BCUT2D eigenvalue weighted by atomic mass is 35.5. The molecule has 1 fully saturated rings. The van der Waals surface area contributed by atoms with Crippen molar-refractivity contribution in [2.24, 2.45) is 0 Å². The lowest BCUT2D eigenvalue weighted by atomic mass is 10.1. The van der Waals surface area contributed by atoms with Crippen LogP contribution < -0.4 is 10.2 Å². The summed E-state index contributed by atoms with van der Waals surface area (Å²) in [6, 6.07) is 14.1. The fourth-order valence-electron chi connectivity index (χ4n) is 2.81. The molecular weight excluding hydrogens is 312 g/mol. The summed E-state index contributed by atoms with van der Waals surface area (Å²) >= 11 is 5.89. The fraction of sp³-hybridized carbons (Fsp3) is 0.222. The van der Waals surface area contributed by atoms with E-state index < -0.39 is 6.04 Å². The van der Waals surface area contributed by atoms with Crippen LogP contribution in [0, 0.1) is 6.92 Å². The summed E-state index contributed by atoms with van der Waals surface area (Å²) in [4.78, 5) is 26.3. The monoisotopic (exact) mass is 328 g/mol. The standard InChI is InChI=1S/C18H17ClN2O2/c1-12-3-2-4-14(11-12)20-18(23)16-9-10-17(22)21(16)15-7-5-13(19)6-8-15/h2-8,11,16H,9-10H2,1H3,(H,20,23). The minimum Gasteiger partial charge on any atom is -0.324 e. The van der Waals surface area contributed by atoms with Gasteiger partial charge in [-0.15, -0.1) is 0 Å². The van der Waals surface area contributed by atoms with Crippen LogP contribution in [0.2, 0.25) is 5.02 Å². The maximum Gasteiger partial charge on any atom is 0.247 e.